The van der Waals surface area contributed by atoms with Gasteiger partial charge in [-0.15, -0.1) is 0 Å². The lowest BCUT2D eigenvalue weighted by Crippen LogP contribution is -2.16. The Hall–Kier alpha value is -0.900. The molecule has 96 valence electrons. The van der Waals surface area contributed by atoms with Gasteiger partial charge in [0.2, 0.25) is 0 Å². The molecule has 1 N–H and O–H groups in total. The molecule has 1 aromatic rings. The fraction of sp³-hybridized carbons (Fsp3) is 0.846. The van der Waals surface area contributed by atoms with Crippen LogP contribution in [0.4, 0.5) is 0 Å². The summed E-state index contributed by atoms with van der Waals surface area (Å²) in [7, 11) is 0. The fourth-order valence-electron chi connectivity index (χ4n) is 2.51. The quantitative estimate of drug-likeness (QED) is 0.771. The molecule has 0 aliphatic heterocycles. The summed E-state index contributed by atoms with van der Waals surface area (Å²) < 4.78 is 2.03. The predicted octanol–water partition coefficient (Wildman–Crippen LogP) is 2.36. The Bertz CT molecular complexity index is 315. The van der Waals surface area contributed by atoms with Gasteiger partial charge in [-0.3, -0.25) is 4.68 Å². The number of hydrogen-bond donors (Lipinski definition) is 1. The van der Waals surface area contributed by atoms with Gasteiger partial charge in [-0.05, 0) is 31.7 Å². The smallest absolute Gasteiger partial charge is 0.164 e. The molecule has 1 aromatic heterocycles. The normalized spacial score (nSPS) is 17.5. The maximum atomic E-state index is 4.52. The topological polar surface area (TPSA) is 42.7 Å². The van der Waals surface area contributed by atoms with Gasteiger partial charge in [-0.2, -0.15) is 5.10 Å². The molecule has 0 aromatic carbocycles. The van der Waals surface area contributed by atoms with Crippen molar-refractivity contribution in [2.45, 2.75) is 58.5 Å². The molecule has 0 radical (unpaired) electrons. The van der Waals surface area contributed by atoms with E-state index in [0.29, 0.717) is 0 Å². The Balaban J connectivity index is 1.76. The van der Waals surface area contributed by atoms with Gasteiger partial charge in [-0.1, -0.05) is 26.2 Å². The summed E-state index contributed by atoms with van der Waals surface area (Å²) in [6.45, 7) is 5.06. The molecule has 1 heterocycles. The van der Waals surface area contributed by atoms with Gasteiger partial charge < -0.3 is 5.32 Å². The standard InChI is InChI=1S/C13H24N4/c1-2-8-14-9-13-15-11-17(16-13)10-12-6-4-3-5-7-12/h11-12,14H,2-10H2,1H3. The Kier molecular flexibility index (Phi) is 4.98. The van der Waals surface area contributed by atoms with Crippen LogP contribution in [0.15, 0.2) is 6.33 Å². The van der Waals surface area contributed by atoms with Crippen molar-refractivity contribution < 1.29 is 0 Å². The molecule has 4 nitrogen and oxygen atoms in total. The SMILES string of the molecule is CCCNCc1ncn(CC2CCCCC2)n1. The largest absolute Gasteiger partial charge is 0.310 e. The van der Waals surface area contributed by atoms with Crippen LogP contribution in [-0.2, 0) is 13.1 Å². The molecule has 1 fully saturated rings. The first-order chi connectivity index (χ1) is 8.38. The molecular weight excluding hydrogens is 212 g/mol. The zero-order valence-electron chi connectivity index (χ0n) is 10.9. The Morgan fingerprint density at radius 2 is 2.18 bits per heavy atom. The number of nitrogens with zero attached hydrogens (tertiary/aromatic N) is 3. The summed E-state index contributed by atoms with van der Waals surface area (Å²) >= 11 is 0. The summed E-state index contributed by atoms with van der Waals surface area (Å²) in [6.07, 6.45) is 9.97. The first kappa shape index (κ1) is 12.6. The van der Waals surface area contributed by atoms with Gasteiger partial charge in [0.05, 0.1) is 6.54 Å². The van der Waals surface area contributed by atoms with Crippen LogP contribution in [-0.4, -0.2) is 21.3 Å². The van der Waals surface area contributed by atoms with E-state index in [9.17, 15) is 0 Å². The maximum absolute atomic E-state index is 4.52. The zero-order valence-corrected chi connectivity index (χ0v) is 10.9. The molecular formula is C13H24N4. The van der Waals surface area contributed by atoms with Crippen LogP contribution in [0.2, 0.25) is 0 Å². The van der Waals surface area contributed by atoms with E-state index >= 15 is 0 Å². The van der Waals surface area contributed by atoms with Crippen LogP contribution in [0.1, 0.15) is 51.3 Å². The molecule has 17 heavy (non-hydrogen) atoms. The van der Waals surface area contributed by atoms with E-state index in [1.54, 1.807) is 0 Å². The number of aromatic nitrogens is 3. The van der Waals surface area contributed by atoms with Crippen molar-refractivity contribution in [1.29, 1.82) is 0 Å². The minimum Gasteiger partial charge on any atom is -0.310 e. The molecule has 0 bridgehead atoms. The molecule has 1 aliphatic rings. The first-order valence-corrected chi connectivity index (χ1v) is 6.97. The first-order valence-electron chi connectivity index (χ1n) is 6.97. The van der Waals surface area contributed by atoms with Crippen LogP contribution >= 0.6 is 0 Å². The molecule has 0 amide bonds. The highest BCUT2D eigenvalue weighted by Gasteiger charge is 2.14. The number of rotatable bonds is 6. The Labute approximate surface area is 104 Å². The van der Waals surface area contributed by atoms with Gasteiger partial charge >= 0.3 is 0 Å². The van der Waals surface area contributed by atoms with E-state index in [1.807, 2.05) is 11.0 Å². The number of hydrogen-bond acceptors (Lipinski definition) is 3. The summed E-state index contributed by atoms with van der Waals surface area (Å²) in [5, 5.41) is 7.85. The third-order valence-corrected chi connectivity index (χ3v) is 3.46. The fourth-order valence-corrected chi connectivity index (χ4v) is 2.51. The van der Waals surface area contributed by atoms with Crippen molar-refractivity contribution >= 4 is 0 Å². The van der Waals surface area contributed by atoms with Crippen LogP contribution in [0.25, 0.3) is 0 Å². The van der Waals surface area contributed by atoms with Gasteiger partial charge in [-0.25, -0.2) is 4.98 Å². The van der Waals surface area contributed by atoms with Crippen LogP contribution in [0.3, 0.4) is 0 Å². The Morgan fingerprint density at radius 1 is 1.35 bits per heavy atom. The van der Waals surface area contributed by atoms with Crippen molar-refractivity contribution in [3.63, 3.8) is 0 Å². The monoisotopic (exact) mass is 236 g/mol. The van der Waals surface area contributed by atoms with Crippen LogP contribution in [0, 0.1) is 5.92 Å². The molecule has 2 rings (SSSR count). The highest BCUT2D eigenvalue weighted by molar-refractivity contribution is 4.81. The summed E-state index contributed by atoms with van der Waals surface area (Å²) in [5.74, 6) is 1.75. The lowest BCUT2D eigenvalue weighted by Gasteiger charge is -2.20. The molecule has 1 aliphatic carbocycles. The lowest BCUT2D eigenvalue weighted by molar-refractivity contribution is 0.307. The molecule has 0 spiro atoms. The van der Waals surface area contributed by atoms with Crippen LogP contribution < -0.4 is 5.32 Å². The molecule has 1 saturated carbocycles. The highest BCUT2D eigenvalue weighted by atomic mass is 15.3. The van der Waals surface area contributed by atoms with Gasteiger partial charge in [0.25, 0.3) is 0 Å². The third kappa shape index (κ3) is 4.11. The van der Waals surface area contributed by atoms with Crippen molar-refractivity contribution in [2.24, 2.45) is 5.92 Å². The third-order valence-electron chi connectivity index (χ3n) is 3.46. The van der Waals surface area contributed by atoms with E-state index in [4.69, 9.17) is 0 Å². The number of nitrogens with one attached hydrogen (secondary N) is 1. The molecule has 4 heteroatoms. The van der Waals surface area contributed by atoms with Crippen molar-refractivity contribution in [3.8, 4) is 0 Å². The van der Waals surface area contributed by atoms with E-state index in [-0.39, 0.29) is 0 Å². The van der Waals surface area contributed by atoms with E-state index < -0.39 is 0 Å². The average Bonchev–Trinajstić information content (AvgIpc) is 2.79. The van der Waals surface area contributed by atoms with E-state index in [1.165, 1.54) is 32.1 Å². The van der Waals surface area contributed by atoms with Crippen molar-refractivity contribution in [3.05, 3.63) is 12.2 Å². The van der Waals surface area contributed by atoms with Gasteiger partial charge in [0, 0.05) is 6.54 Å². The predicted molar refractivity (Wildman–Crippen MR) is 68.6 cm³/mol. The highest BCUT2D eigenvalue weighted by Crippen LogP contribution is 2.24. The second-order valence-corrected chi connectivity index (χ2v) is 5.06. The maximum Gasteiger partial charge on any atom is 0.164 e. The van der Waals surface area contributed by atoms with Crippen molar-refractivity contribution in [1.82, 2.24) is 20.1 Å². The molecule has 0 unspecified atom stereocenters. The second-order valence-electron chi connectivity index (χ2n) is 5.06. The van der Waals surface area contributed by atoms with Gasteiger partial charge in [0.15, 0.2) is 5.82 Å². The second kappa shape index (κ2) is 6.74. The lowest BCUT2D eigenvalue weighted by atomic mass is 9.89. The average molecular weight is 236 g/mol. The molecule has 0 saturated heterocycles. The summed E-state index contributed by atoms with van der Waals surface area (Å²) in [4.78, 5) is 4.34. The minimum absolute atomic E-state index is 0.797. The molecule has 0 atom stereocenters. The van der Waals surface area contributed by atoms with E-state index in [2.05, 4.69) is 22.3 Å². The van der Waals surface area contributed by atoms with Crippen LogP contribution in [0.5, 0.6) is 0 Å². The van der Waals surface area contributed by atoms with Crippen molar-refractivity contribution in [2.75, 3.05) is 6.54 Å². The summed E-state index contributed by atoms with van der Waals surface area (Å²) in [6, 6.07) is 0. The summed E-state index contributed by atoms with van der Waals surface area (Å²) in [5.41, 5.74) is 0. The van der Waals surface area contributed by atoms with Gasteiger partial charge in [0.1, 0.15) is 6.33 Å². The Morgan fingerprint density at radius 3 is 2.94 bits per heavy atom. The van der Waals surface area contributed by atoms with E-state index in [0.717, 1.165) is 37.8 Å². The zero-order chi connectivity index (χ0) is 11.9. The minimum atomic E-state index is 0.797.